The first kappa shape index (κ1) is 15.8. The number of hydrogen-bond donors (Lipinski definition) is 2. The number of hydrogen-bond acceptors (Lipinski definition) is 2. The standard InChI is InChI=1S/2C2H4O2.Rh/c2*1-2(3)4;/h2*1H3,(H,3,4);. The minimum Gasteiger partial charge on any atom is -0.481 e. The van der Waals surface area contributed by atoms with Gasteiger partial charge >= 0.3 is 0 Å². The van der Waals surface area contributed by atoms with E-state index >= 15 is 0 Å². The molecule has 0 spiro atoms. The van der Waals surface area contributed by atoms with Crippen LogP contribution in [0.3, 0.4) is 0 Å². The Kier molecular flexibility index (Phi) is 18.5. The number of carboxylic acid groups (broad SMARTS) is 2. The maximum absolute atomic E-state index is 9.00. The summed E-state index contributed by atoms with van der Waals surface area (Å²) in [6.45, 7) is 2.17. The summed E-state index contributed by atoms with van der Waals surface area (Å²) in [5.41, 5.74) is 0. The monoisotopic (exact) mass is 223 g/mol. The van der Waals surface area contributed by atoms with Gasteiger partial charge < -0.3 is 10.2 Å². The van der Waals surface area contributed by atoms with Gasteiger partial charge in [0, 0.05) is 33.3 Å². The van der Waals surface area contributed by atoms with Gasteiger partial charge in [-0.3, -0.25) is 9.59 Å². The van der Waals surface area contributed by atoms with Crippen LogP contribution >= 0.6 is 0 Å². The summed E-state index contributed by atoms with van der Waals surface area (Å²) in [6, 6.07) is 0. The molecule has 0 aromatic heterocycles. The SMILES string of the molecule is CC(=O)O.CC(=O)O.[Rh]. The average molecular weight is 223 g/mol. The number of aliphatic carboxylic acids is 2. The summed E-state index contributed by atoms with van der Waals surface area (Å²) in [5.74, 6) is -1.67. The third kappa shape index (κ3) is 1230. The maximum Gasteiger partial charge on any atom is 0.300 e. The molecule has 0 amide bonds. The maximum atomic E-state index is 9.00. The van der Waals surface area contributed by atoms with Crippen molar-refractivity contribution in [2.45, 2.75) is 13.8 Å². The van der Waals surface area contributed by atoms with E-state index in [1.807, 2.05) is 0 Å². The van der Waals surface area contributed by atoms with Crippen LogP contribution in [0.15, 0.2) is 0 Å². The molecule has 0 bridgehead atoms. The van der Waals surface area contributed by atoms with Crippen molar-refractivity contribution in [2.24, 2.45) is 0 Å². The van der Waals surface area contributed by atoms with Crippen LogP contribution in [0.1, 0.15) is 13.8 Å². The van der Waals surface area contributed by atoms with Crippen LogP contribution < -0.4 is 0 Å². The fourth-order valence-electron chi connectivity index (χ4n) is 0. The molecule has 0 aromatic carbocycles. The van der Waals surface area contributed by atoms with Gasteiger partial charge in [0.05, 0.1) is 0 Å². The normalized spacial score (nSPS) is 5.56. The number of carbonyl (C=O) groups is 2. The second kappa shape index (κ2) is 10.5. The fraction of sp³-hybridized carbons (Fsp3) is 0.500. The van der Waals surface area contributed by atoms with Crippen LogP contribution in [0.4, 0.5) is 0 Å². The fourth-order valence-corrected chi connectivity index (χ4v) is 0. The minimum atomic E-state index is -0.833. The van der Waals surface area contributed by atoms with Crippen molar-refractivity contribution in [3.63, 3.8) is 0 Å². The van der Waals surface area contributed by atoms with E-state index in [0.29, 0.717) is 0 Å². The summed E-state index contributed by atoms with van der Waals surface area (Å²) >= 11 is 0. The van der Waals surface area contributed by atoms with E-state index in [1.165, 1.54) is 0 Å². The zero-order valence-corrected chi connectivity index (χ0v) is 6.68. The third-order valence-electron chi connectivity index (χ3n) is 0. The topological polar surface area (TPSA) is 74.6 Å². The average Bonchev–Trinajstić information content (AvgIpc) is 1.25. The van der Waals surface area contributed by atoms with Crippen LogP contribution in [0.5, 0.6) is 0 Å². The van der Waals surface area contributed by atoms with E-state index in [-0.39, 0.29) is 19.5 Å². The molecular weight excluding hydrogens is 215 g/mol. The van der Waals surface area contributed by atoms with Crippen LogP contribution in [-0.2, 0) is 29.1 Å². The molecule has 9 heavy (non-hydrogen) atoms. The zero-order valence-electron chi connectivity index (χ0n) is 5.04. The predicted molar refractivity (Wildman–Crippen MR) is 26.6 cm³/mol. The first-order valence-corrected chi connectivity index (χ1v) is 1.86. The van der Waals surface area contributed by atoms with Crippen molar-refractivity contribution >= 4 is 11.9 Å². The molecule has 1 radical (unpaired) electrons. The smallest absolute Gasteiger partial charge is 0.300 e. The molecule has 0 saturated carbocycles. The van der Waals surface area contributed by atoms with Gasteiger partial charge in [0.25, 0.3) is 11.9 Å². The van der Waals surface area contributed by atoms with Crippen molar-refractivity contribution < 1.29 is 39.3 Å². The number of carboxylic acids is 2. The Hall–Kier alpha value is -0.437. The van der Waals surface area contributed by atoms with E-state index in [0.717, 1.165) is 13.8 Å². The van der Waals surface area contributed by atoms with E-state index < -0.39 is 11.9 Å². The third-order valence-corrected chi connectivity index (χ3v) is 0. The predicted octanol–water partition coefficient (Wildman–Crippen LogP) is 0.179. The molecule has 0 saturated heterocycles. The Balaban J connectivity index is -0.0000000720. The minimum absolute atomic E-state index is 0. The zero-order chi connectivity index (χ0) is 7.15. The van der Waals surface area contributed by atoms with E-state index in [4.69, 9.17) is 19.8 Å². The van der Waals surface area contributed by atoms with Gasteiger partial charge in [-0.1, -0.05) is 0 Å². The van der Waals surface area contributed by atoms with Gasteiger partial charge in [-0.15, -0.1) is 0 Å². The van der Waals surface area contributed by atoms with Gasteiger partial charge in [0.2, 0.25) is 0 Å². The Morgan fingerprint density at radius 2 is 1.00 bits per heavy atom. The second-order valence-corrected chi connectivity index (χ2v) is 1.04. The van der Waals surface area contributed by atoms with Crippen LogP contribution in [0.25, 0.3) is 0 Å². The molecule has 0 unspecified atom stereocenters. The molecular formula is C4H8O4Rh. The Morgan fingerprint density at radius 3 is 1.00 bits per heavy atom. The van der Waals surface area contributed by atoms with Crippen LogP contribution in [0, 0.1) is 0 Å². The first-order valence-electron chi connectivity index (χ1n) is 1.86. The summed E-state index contributed by atoms with van der Waals surface area (Å²) in [7, 11) is 0. The van der Waals surface area contributed by atoms with Gasteiger partial charge in [-0.25, -0.2) is 0 Å². The molecule has 2 N–H and O–H groups in total. The van der Waals surface area contributed by atoms with Crippen LogP contribution in [-0.4, -0.2) is 22.2 Å². The van der Waals surface area contributed by atoms with Crippen LogP contribution in [0.2, 0.25) is 0 Å². The van der Waals surface area contributed by atoms with Gasteiger partial charge in [-0.2, -0.15) is 0 Å². The second-order valence-electron chi connectivity index (χ2n) is 1.04. The molecule has 57 valence electrons. The van der Waals surface area contributed by atoms with Gasteiger partial charge in [0.1, 0.15) is 0 Å². The summed E-state index contributed by atoms with van der Waals surface area (Å²) in [6.07, 6.45) is 0. The quantitative estimate of drug-likeness (QED) is 0.574. The molecule has 4 nitrogen and oxygen atoms in total. The van der Waals surface area contributed by atoms with E-state index in [2.05, 4.69) is 0 Å². The molecule has 0 fully saturated rings. The largest absolute Gasteiger partial charge is 0.481 e. The van der Waals surface area contributed by atoms with E-state index in [1.54, 1.807) is 0 Å². The molecule has 0 aliphatic heterocycles. The molecule has 5 heteroatoms. The van der Waals surface area contributed by atoms with Crippen molar-refractivity contribution in [1.29, 1.82) is 0 Å². The summed E-state index contributed by atoms with van der Waals surface area (Å²) in [4.78, 5) is 18.0. The Labute approximate surface area is 65.6 Å². The van der Waals surface area contributed by atoms with Crippen molar-refractivity contribution in [2.75, 3.05) is 0 Å². The molecule has 0 atom stereocenters. The summed E-state index contributed by atoms with van der Waals surface area (Å²) < 4.78 is 0. The Bertz CT molecular complexity index is 70.6. The van der Waals surface area contributed by atoms with Crippen molar-refractivity contribution in [3.05, 3.63) is 0 Å². The number of rotatable bonds is 0. The Morgan fingerprint density at radius 1 is 1.00 bits per heavy atom. The molecule has 0 heterocycles. The molecule has 0 aromatic rings. The van der Waals surface area contributed by atoms with Crippen molar-refractivity contribution in [1.82, 2.24) is 0 Å². The first-order chi connectivity index (χ1) is 3.46. The molecule has 0 aliphatic carbocycles. The van der Waals surface area contributed by atoms with E-state index in [9.17, 15) is 0 Å². The summed E-state index contributed by atoms with van der Waals surface area (Å²) in [5, 5.41) is 14.8. The van der Waals surface area contributed by atoms with Crippen molar-refractivity contribution in [3.8, 4) is 0 Å². The van der Waals surface area contributed by atoms with Gasteiger partial charge in [-0.05, 0) is 0 Å². The van der Waals surface area contributed by atoms with Gasteiger partial charge in [0.15, 0.2) is 0 Å². The molecule has 0 aliphatic rings. The molecule has 0 rings (SSSR count).